The van der Waals surface area contributed by atoms with Gasteiger partial charge in [0, 0.05) is 23.5 Å². The molecular weight excluding hydrogens is 349 g/mol. The number of carbonyl (C=O) groups is 2. The van der Waals surface area contributed by atoms with E-state index in [1.807, 2.05) is 30.5 Å². The minimum atomic E-state index is -0.620. The minimum Gasteiger partial charge on any atom is -0.489 e. The summed E-state index contributed by atoms with van der Waals surface area (Å²) in [5.41, 5.74) is 1.95. The number of benzene rings is 2. The maximum atomic E-state index is 13.6. The Balaban J connectivity index is 1.39. The summed E-state index contributed by atoms with van der Waals surface area (Å²) in [4.78, 5) is 29.0. The van der Waals surface area contributed by atoms with Crippen LogP contribution in [0.3, 0.4) is 0 Å². The van der Waals surface area contributed by atoms with E-state index in [1.54, 1.807) is 12.1 Å². The molecule has 3 amide bonds. The Labute approximate surface area is 154 Å². The van der Waals surface area contributed by atoms with Crippen molar-refractivity contribution in [2.24, 2.45) is 0 Å². The van der Waals surface area contributed by atoms with E-state index in [0.29, 0.717) is 6.42 Å². The van der Waals surface area contributed by atoms with Crippen molar-refractivity contribution in [1.29, 1.82) is 0 Å². The molecule has 0 aliphatic carbocycles. The predicted octanol–water partition coefficient (Wildman–Crippen LogP) is 2.85. The second kappa shape index (κ2) is 7.11. The Kier molecular flexibility index (Phi) is 4.50. The topological polar surface area (TPSA) is 74.4 Å². The van der Waals surface area contributed by atoms with Gasteiger partial charge < -0.3 is 15.0 Å². The lowest BCUT2D eigenvalue weighted by Gasteiger charge is -2.14. The molecule has 7 heteroatoms. The second-order valence-corrected chi connectivity index (χ2v) is 6.33. The number of rotatable bonds is 6. The number of halogens is 1. The molecular formula is C20H18FN3O3. The molecule has 0 unspecified atom stereocenters. The van der Waals surface area contributed by atoms with Gasteiger partial charge in [-0.05, 0) is 23.8 Å². The minimum absolute atomic E-state index is 0.0277. The average Bonchev–Trinajstić information content (AvgIpc) is 3.19. The molecule has 6 nitrogen and oxygen atoms in total. The number of ether oxygens (including phenoxy) is 1. The number of fused-ring (bicyclic) bond motifs is 1. The smallest absolute Gasteiger partial charge is 0.324 e. The summed E-state index contributed by atoms with van der Waals surface area (Å²) in [5.74, 6) is -0.686. The number of aromatic nitrogens is 1. The molecule has 4 rings (SSSR count). The van der Waals surface area contributed by atoms with Crippen molar-refractivity contribution in [2.45, 2.75) is 12.5 Å². The third-order valence-electron chi connectivity index (χ3n) is 4.62. The molecule has 1 fully saturated rings. The van der Waals surface area contributed by atoms with Crippen molar-refractivity contribution in [3.63, 3.8) is 0 Å². The van der Waals surface area contributed by atoms with Crippen LogP contribution in [0.15, 0.2) is 54.7 Å². The molecule has 0 bridgehead atoms. The fourth-order valence-electron chi connectivity index (χ4n) is 3.26. The number of H-pyrrole nitrogens is 1. The molecule has 1 aliphatic heterocycles. The summed E-state index contributed by atoms with van der Waals surface area (Å²) >= 11 is 0. The van der Waals surface area contributed by atoms with Gasteiger partial charge >= 0.3 is 6.03 Å². The number of aromatic amines is 1. The molecule has 1 aromatic heterocycles. The third kappa shape index (κ3) is 3.36. The number of nitrogens with zero attached hydrogens (tertiary/aromatic N) is 1. The molecule has 1 atom stereocenters. The fraction of sp³-hybridized carbons (Fsp3) is 0.200. The molecule has 2 N–H and O–H groups in total. The number of amides is 3. The number of para-hydroxylation sites is 2. The van der Waals surface area contributed by atoms with Gasteiger partial charge in [0.2, 0.25) is 0 Å². The standard InChI is InChI=1S/C20H18FN3O3/c21-15-6-2-4-8-18(15)27-10-9-24-19(25)17(23-20(24)26)11-13-12-22-16-7-3-1-5-14(13)16/h1-8,12,17,22H,9-11H2,(H,23,26)/t17-/m1/s1. The summed E-state index contributed by atoms with van der Waals surface area (Å²) in [6.07, 6.45) is 2.26. The van der Waals surface area contributed by atoms with Crippen molar-refractivity contribution in [3.05, 3.63) is 66.1 Å². The van der Waals surface area contributed by atoms with Crippen molar-refractivity contribution < 1.29 is 18.7 Å². The molecule has 1 saturated heterocycles. The van der Waals surface area contributed by atoms with E-state index < -0.39 is 17.9 Å². The number of hydrogen-bond donors (Lipinski definition) is 2. The monoisotopic (exact) mass is 367 g/mol. The summed E-state index contributed by atoms with van der Waals surface area (Å²) in [7, 11) is 0. The first-order chi connectivity index (χ1) is 13.1. The van der Waals surface area contributed by atoms with E-state index in [9.17, 15) is 14.0 Å². The van der Waals surface area contributed by atoms with Crippen LogP contribution in [0.4, 0.5) is 9.18 Å². The van der Waals surface area contributed by atoms with Gasteiger partial charge in [-0.25, -0.2) is 9.18 Å². The maximum absolute atomic E-state index is 13.6. The van der Waals surface area contributed by atoms with Crippen LogP contribution in [0.25, 0.3) is 10.9 Å². The Morgan fingerprint density at radius 1 is 1.07 bits per heavy atom. The third-order valence-corrected chi connectivity index (χ3v) is 4.62. The normalized spacial score (nSPS) is 16.8. The second-order valence-electron chi connectivity index (χ2n) is 6.33. The molecule has 3 aromatic rings. The lowest BCUT2D eigenvalue weighted by molar-refractivity contribution is -0.127. The predicted molar refractivity (Wildman–Crippen MR) is 97.9 cm³/mol. The van der Waals surface area contributed by atoms with E-state index >= 15 is 0 Å². The van der Waals surface area contributed by atoms with E-state index in [-0.39, 0.29) is 24.8 Å². The molecule has 0 saturated carbocycles. The van der Waals surface area contributed by atoms with E-state index in [4.69, 9.17) is 4.74 Å². The van der Waals surface area contributed by atoms with Crippen LogP contribution >= 0.6 is 0 Å². The number of imide groups is 1. The summed E-state index contributed by atoms with van der Waals surface area (Å²) in [6.45, 7) is 0.0866. The highest BCUT2D eigenvalue weighted by Crippen LogP contribution is 2.21. The van der Waals surface area contributed by atoms with E-state index in [2.05, 4.69) is 10.3 Å². The summed E-state index contributed by atoms with van der Waals surface area (Å²) < 4.78 is 18.9. The largest absolute Gasteiger partial charge is 0.489 e. The molecule has 2 aromatic carbocycles. The average molecular weight is 367 g/mol. The van der Waals surface area contributed by atoms with Crippen LogP contribution < -0.4 is 10.1 Å². The van der Waals surface area contributed by atoms with Gasteiger partial charge in [-0.2, -0.15) is 0 Å². The van der Waals surface area contributed by atoms with Gasteiger partial charge in [0.25, 0.3) is 5.91 Å². The SMILES string of the molecule is O=C1N[C@H](Cc2c[nH]c3ccccc23)C(=O)N1CCOc1ccccc1F. The zero-order valence-corrected chi connectivity index (χ0v) is 14.4. The number of urea groups is 1. The van der Waals surface area contributed by atoms with Crippen LogP contribution in [0, 0.1) is 5.82 Å². The van der Waals surface area contributed by atoms with Crippen LogP contribution in [0.5, 0.6) is 5.75 Å². The Hall–Kier alpha value is -3.35. The van der Waals surface area contributed by atoms with Gasteiger partial charge in [0.05, 0.1) is 6.54 Å². The molecule has 0 spiro atoms. The van der Waals surface area contributed by atoms with Crippen molar-refractivity contribution in [1.82, 2.24) is 15.2 Å². The summed E-state index contributed by atoms with van der Waals surface area (Å²) in [6, 6.07) is 12.7. The van der Waals surface area contributed by atoms with Crippen molar-refractivity contribution in [3.8, 4) is 5.75 Å². The van der Waals surface area contributed by atoms with Crippen LogP contribution in [0.2, 0.25) is 0 Å². The lowest BCUT2D eigenvalue weighted by Crippen LogP contribution is -2.35. The number of nitrogens with one attached hydrogen (secondary N) is 2. The molecule has 138 valence electrons. The highest BCUT2D eigenvalue weighted by atomic mass is 19.1. The zero-order valence-electron chi connectivity index (χ0n) is 14.4. The fourth-order valence-corrected chi connectivity index (χ4v) is 3.26. The Morgan fingerprint density at radius 3 is 2.70 bits per heavy atom. The van der Waals surface area contributed by atoms with E-state index in [0.717, 1.165) is 21.4 Å². The van der Waals surface area contributed by atoms with Gasteiger partial charge in [0.1, 0.15) is 12.6 Å². The quantitative estimate of drug-likeness (QED) is 0.658. The van der Waals surface area contributed by atoms with E-state index in [1.165, 1.54) is 12.1 Å². The zero-order chi connectivity index (χ0) is 18.8. The highest BCUT2D eigenvalue weighted by Gasteiger charge is 2.38. The Bertz CT molecular complexity index is 1000. The van der Waals surface area contributed by atoms with Gasteiger partial charge in [0.15, 0.2) is 11.6 Å². The molecule has 2 heterocycles. The lowest BCUT2D eigenvalue weighted by atomic mass is 10.1. The maximum Gasteiger partial charge on any atom is 0.324 e. The van der Waals surface area contributed by atoms with Crippen LogP contribution in [0.1, 0.15) is 5.56 Å². The van der Waals surface area contributed by atoms with Crippen molar-refractivity contribution >= 4 is 22.8 Å². The molecule has 0 radical (unpaired) electrons. The van der Waals surface area contributed by atoms with Crippen LogP contribution in [-0.2, 0) is 11.2 Å². The molecule has 1 aliphatic rings. The van der Waals surface area contributed by atoms with Crippen molar-refractivity contribution in [2.75, 3.05) is 13.2 Å². The van der Waals surface area contributed by atoms with Gasteiger partial charge in [-0.15, -0.1) is 0 Å². The first kappa shape index (κ1) is 17.1. The first-order valence-electron chi connectivity index (χ1n) is 8.67. The van der Waals surface area contributed by atoms with Gasteiger partial charge in [-0.1, -0.05) is 30.3 Å². The van der Waals surface area contributed by atoms with Gasteiger partial charge in [-0.3, -0.25) is 9.69 Å². The number of hydrogen-bond acceptors (Lipinski definition) is 3. The molecule has 27 heavy (non-hydrogen) atoms. The number of carbonyl (C=O) groups excluding carboxylic acids is 2. The first-order valence-corrected chi connectivity index (χ1v) is 8.67. The van der Waals surface area contributed by atoms with Crippen LogP contribution in [-0.4, -0.2) is 41.0 Å². The highest BCUT2D eigenvalue weighted by molar-refractivity contribution is 6.04. The summed E-state index contributed by atoms with van der Waals surface area (Å²) in [5, 5.41) is 3.74. The Morgan fingerprint density at radius 2 is 1.85 bits per heavy atom.